The molecule has 2 aliphatic heterocycles. The highest BCUT2D eigenvalue weighted by Gasteiger charge is 2.25. The van der Waals surface area contributed by atoms with Crippen LogP contribution in [0.25, 0.3) is 0 Å². The van der Waals surface area contributed by atoms with Gasteiger partial charge in [0.2, 0.25) is 0 Å². The Morgan fingerprint density at radius 3 is 2.33 bits per heavy atom. The highest BCUT2D eigenvalue weighted by molar-refractivity contribution is 9.10. The van der Waals surface area contributed by atoms with Crippen LogP contribution < -0.4 is 15.5 Å². The average Bonchev–Trinajstić information content (AvgIpc) is 3.03. The van der Waals surface area contributed by atoms with Crippen molar-refractivity contribution in [3.8, 4) is 5.75 Å². The van der Waals surface area contributed by atoms with Crippen LogP contribution in [-0.2, 0) is 6.54 Å². The van der Waals surface area contributed by atoms with Gasteiger partial charge < -0.3 is 15.0 Å². The third kappa shape index (κ3) is 8.06. The van der Waals surface area contributed by atoms with Crippen LogP contribution in [0.3, 0.4) is 0 Å². The molecule has 0 unspecified atom stereocenters. The summed E-state index contributed by atoms with van der Waals surface area (Å²) < 4.78 is 5.88. The molecule has 220 valence electrons. The molecule has 5 rings (SSSR count). The molecule has 0 spiro atoms. The number of hydrazone groups is 1. The molecule has 0 aliphatic carbocycles. The number of halogens is 1. The molecule has 0 saturated carbocycles. The molecule has 2 fully saturated rings. The fourth-order valence-electron chi connectivity index (χ4n) is 5.67. The fraction of sp³-hybridized carbons (Fsp3) is 0.364. The lowest BCUT2D eigenvalue weighted by Crippen LogP contribution is -2.46. The van der Waals surface area contributed by atoms with Crippen molar-refractivity contribution in [2.24, 2.45) is 5.10 Å². The average molecular weight is 633 g/mol. The van der Waals surface area contributed by atoms with Gasteiger partial charge in [0.1, 0.15) is 5.75 Å². The molecule has 9 heteroatoms. The number of nitrogens with zero attached hydrogens (tertiary/aromatic N) is 3. The Bertz CT molecular complexity index is 1380. The molecule has 3 aromatic carbocycles. The summed E-state index contributed by atoms with van der Waals surface area (Å²) in [7, 11) is 1.60. The Kier molecular flexibility index (Phi) is 10.4. The molecule has 2 amide bonds. The number of anilines is 1. The molecular formula is C33H38BrN5O3. The van der Waals surface area contributed by atoms with Gasteiger partial charge in [-0.05, 0) is 118 Å². The maximum absolute atomic E-state index is 13.1. The predicted octanol–water partition coefficient (Wildman–Crippen LogP) is 5.92. The van der Waals surface area contributed by atoms with E-state index in [2.05, 4.69) is 41.6 Å². The highest BCUT2D eigenvalue weighted by atomic mass is 79.9. The lowest BCUT2D eigenvalue weighted by Gasteiger charge is -2.40. The number of hydrogen-bond acceptors (Lipinski definition) is 6. The van der Waals surface area contributed by atoms with E-state index >= 15 is 0 Å². The molecule has 3 aromatic rings. The Labute approximate surface area is 256 Å². The van der Waals surface area contributed by atoms with Gasteiger partial charge in [0.25, 0.3) is 11.8 Å². The van der Waals surface area contributed by atoms with E-state index in [1.54, 1.807) is 31.5 Å². The van der Waals surface area contributed by atoms with Crippen LogP contribution in [0.2, 0.25) is 0 Å². The zero-order valence-corrected chi connectivity index (χ0v) is 25.6. The van der Waals surface area contributed by atoms with Crippen LogP contribution in [0.1, 0.15) is 63.9 Å². The number of methoxy groups -OCH3 is 1. The van der Waals surface area contributed by atoms with Gasteiger partial charge in [-0.3, -0.25) is 14.5 Å². The number of nitrogens with one attached hydrogen (secondary N) is 2. The lowest BCUT2D eigenvalue weighted by atomic mass is 9.99. The number of carbonyl (C=O) groups is 2. The van der Waals surface area contributed by atoms with Gasteiger partial charge in [-0.15, -0.1) is 0 Å². The molecule has 2 N–H and O–H groups in total. The Hall–Kier alpha value is -3.53. The second kappa shape index (κ2) is 14.6. The van der Waals surface area contributed by atoms with Crippen LogP contribution in [-0.4, -0.2) is 67.2 Å². The van der Waals surface area contributed by atoms with Crippen molar-refractivity contribution in [2.45, 2.75) is 44.7 Å². The first kappa shape index (κ1) is 29.9. The summed E-state index contributed by atoms with van der Waals surface area (Å²) in [5, 5.41) is 6.96. The van der Waals surface area contributed by atoms with Crippen molar-refractivity contribution in [3.63, 3.8) is 0 Å². The Morgan fingerprint density at radius 2 is 1.64 bits per heavy atom. The zero-order chi connectivity index (χ0) is 29.3. The van der Waals surface area contributed by atoms with Crippen LogP contribution in [0.15, 0.2) is 76.3 Å². The minimum atomic E-state index is -0.434. The number of hydrogen-bond donors (Lipinski definition) is 2. The summed E-state index contributed by atoms with van der Waals surface area (Å²) >= 11 is 3.42. The number of likely N-dealkylation sites (tertiary alicyclic amines) is 2. The normalized spacial score (nSPS) is 16.8. The molecule has 0 bridgehead atoms. The van der Waals surface area contributed by atoms with E-state index in [1.165, 1.54) is 50.8 Å². The number of benzene rings is 3. The first-order valence-corrected chi connectivity index (χ1v) is 15.4. The number of ether oxygens (including phenoxy) is 1. The fourth-order valence-corrected chi connectivity index (χ4v) is 6.03. The summed E-state index contributed by atoms with van der Waals surface area (Å²) in [5.41, 5.74) is 5.79. The maximum atomic E-state index is 13.1. The van der Waals surface area contributed by atoms with Crippen LogP contribution >= 0.6 is 15.9 Å². The topological polar surface area (TPSA) is 86.3 Å². The lowest BCUT2D eigenvalue weighted by molar-refractivity contribution is 0.0896. The Balaban J connectivity index is 1.15. The molecule has 0 aromatic heterocycles. The van der Waals surface area contributed by atoms with Crippen molar-refractivity contribution in [1.29, 1.82) is 0 Å². The van der Waals surface area contributed by atoms with Crippen LogP contribution in [0.5, 0.6) is 5.75 Å². The van der Waals surface area contributed by atoms with Crippen LogP contribution in [0, 0.1) is 0 Å². The summed E-state index contributed by atoms with van der Waals surface area (Å²) in [5.74, 6) is 0.0290. The molecule has 2 heterocycles. The predicted molar refractivity (Wildman–Crippen MR) is 170 cm³/mol. The minimum absolute atomic E-state index is 0.276. The summed E-state index contributed by atoms with van der Waals surface area (Å²) in [6, 6.07) is 20.9. The van der Waals surface area contributed by atoms with E-state index < -0.39 is 5.91 Å². The van der Waals surface area contributed by atoms with Crippen molar-refractivity contribution in [1.82, 2.24) is 15.2 Å². The second-order valence-corrected chi connectivity index (χ2v) is 11.8. The van der Waals surface area contributed by atoms with Gasteiger partial charge >= 0.3 is 0 Å². The largest absolute Gasteiger partial charge is 0.497 e. The van der Waals surface area contributed by atoms with E-state index in [1.807, 2.05) is 48.5 Å². The molecule has 8 nitrogen and oxygen atoms in total. The molecular weight excluding hydrogens is 594 g/mol. The number of piperidine rings is 2. The zero-order valence-electron chi connectivity index (χ0n) is 24.0. The van der Waals surface area contributed by atoms with Gasteiger partial charge in [0.05, 0.1) is 24.6 Å². The van der Waals surface area contributed by atoms with Gasteiger partial charge in [0, 0.05) is 22.6 Å². The third-order valence-electron chi connectivity index (χ3n) is 8.06. The van der Waals surface area contributed by atoms with E-state index in [9.17, 15) is 9.59 Å². The first-order valence-electron chi connectivity index (χ1n) is 14.6. The second-order valence-electron chi connectivity index (χ2n) is 10.9. The van der Waals surface area contributed by atoms with Gasteiger partial charge in [-0.2, -0.15) is 5.10 Å². The van der Waals surface area contributed by atoms with Crippen molar-refractivity contribution in [3.05, 3.63) is 93.5 Å². The minimum Gasteiger partial charge on any atom is -0.497 e. The molecule has 2 aliphatic rings. The van der Waals surface area contributed by atoms with Crippen molar-refractivity contribution in [2.75, 3.05) is 38.6 Å². The third-order valence-corrected chi connectivity index (χ3v) is 8.55. The quantitative estimate of drug-likeness (QED) is 0.226. The van der Waals surface area contributed by atoms with Gasteiger partial charge in [-0.1, -0.05) is 34.5 Å². The smallest absolute Gasteiger partial charge is 0.273 e. The molecule has 42 heavy (non-hydrogen) atoms. The maximum Gasteiger partial charge on any atom is 0.273 e. The number of amides is 2. The number of rotatable bonds is 9. The highest BCUT2D eigenvalue weighted by Crippen LogP contribution is 2.24. The Morgan fingerprint density at radius 1 is 0.929 bits per heavy atom. The van der Waals surface area contributed by atoms with E-state index in [0.29, 0.717) is 21.3 Å². The van der Waals surface area contributed by atoms with E-state index in [4.69, 9.17) is 4.74 Å². The molecule has 0 radical (unpaired) electrons. The van der Waals surface area contributed by atoms with Gasteiger partial charge in [-0.25, -0.2) is 5.43 Å². The van der Waals surface area contributed by atoms with Crippen molar-refractivity contribution < 1.29 is 14.3 Å². The monoisotopic (exact) mass is 631 g/mol. The molecule has 2 saturated heterocycles. The SMILES string of the molecule is COc1ccc(C=NNC(=O)c2cc(Br)ccc2NC(=O)c2ccc(CN3CCC(N4CCCCC4)CC3)cc2)cc1. The van der Waals surface area contributed by atoms with E-state index in [-0.39, 0.29) is 5.91 Å². The number of carbonyl (C=O) groups excluding carboxylic acids is 2. The first-order chi connectivity index (χ1) is 20.5. The van der Waals surface area contributed by atoms with Crippen molar-refractivity contribution >= 4 is 39.6 Å². The summed E-state index contributed by atoms with van der Waals surface area (Å²) in [6.45, 7) is 5.64. The van der Waals surface area contributed by atoms with Gasteiger partial charge in [0.15, 0.2) is 0 Å². The summed E-state index contributed by atoms with van der Waals surface area (Å²) in [4.78, 5) is 31.3. The standard InChI is InChI=1S/C33H38BrN5O3/c1-42-29-12-7-24(8-13-29)22-35-37-33(41)30-21-27(34)11-14-31(30)36-32(40)26-9-5-25(6-10-26)23-38-19-15-28(16-20-38)39-17-3-2-4-18-39/h5-14,21-22,28H,2-4,15-20,23H2,1H3,(H,36,40)(H,37,41). The molecule has 0 atom stereocenters. The van der Waals surface area contributed by atoms with Crippen LogP contribution in [0.4, 0.5) is 5.69 Å². The summed E-state index contributed by atoms with van der Waals surface area (Å²) in [6.07, 6.45) is 8.08. The van der Waals surface area contributed by atoms with E-state index in [0.717, 1.165) is 37.0 Å².